The van der Waals surface area contributed by atoms with E-state index >= 15 is 0 Å². The Morgan fingerprint density at radius 2 is 1.62 bits per heavy atom. The summed E-state index contributed by atoms with van der Waals surface area (Å²) in [5.74, 6) is 0. The van der Waals surface area contributed by atoms with Crippen molar-refractivity contribution in [3.8, 4) is 0 Å². The summed E-state index contributed by atoms with van der Waals surface area (Å²) in [6.07, 6.45) is 0. The largest absolute Gasteiger partial charge is 0.279 e. The minimum Gasteiger partial charge on any atom is -0.273 e. The van der Waals surface area contributed by atoms with Gasteiger partial charge in [0.25, 0.3) is 5.24 Å². The van der Waals surface area contributed by atoms with E-state index in [4.69, 9.17) is 11.6 Å². The summed E-state index contributed by atoms with van der Waals surface area (Å²) in [7, 11) is -2.69. The minimum absolute atomic E-state index is 0.883. The van der Waals surface area contributed by atoms with Gasteiger partial charge < -0.3 is 0 Å². The molecule has 3 nitrogen and oxygen atoms in total. The molecule has 0 aliphatic rings. The lowest BCUT2D eigenvalue weighted by Crippen LogP contribution is -1.97. The summed E-state index contributed by atoms with van der Waals surface area (Å²) in [6, 6.07) is 0. The maximum atomic E-state index is 9.79. The SMILES string of the molecule is O=C(Cl)C(Cl)=S(=O)=O. The first-order valence-electron chi connectivity index (χ1n) is 1.37. The van der Waals surface area contributed by atoms with Crippen LogP contribution in [0.3, 0.4) is 0 Å². The van der Waals surface area contributed by atoms with E-state index in [2.05, 4.69) is 11.6 Å². The molecule has 0 saturated heterocycles. The summed E-state index contributed by atoms with van der Waals surface area (Å²) in [5.41, 5.74) is 0. The Hall–Kier alpha value is -0.0600. The van der Waals surface area contributed by atoms with Gasteiger partial charge in [-0.3, -0.25) is 4.79 Å². The lowest BCUT2D eigenvalue weighted by molar-refractivity contribution is -0.105. The number of hydrogen-bond acceptors (Lipinski definition) is 3. The van der Waals surface area contributed by atoms with Crippen LogP contribution in [0, 0.1) is 0 Å². The molecule has 46 valence electrons. The van der Waals surface area contributed by atoms with Crippen LogP contribution >= 0.6 is 23.2 Å². The van der Waals surface area contributed by atoms with Crippen molar-refractivity contribution in [3.63, 3.8) is 0 Å². The zero-order valence-electron chi connectivity index (χ0n) is 3.39. The molecule has 0 unspecified atom stereocenters. The molecule has 0 aliphatic carbocycles. The van der Waals surface area contributed by atoms with E-state index in [-0.39, 0.29) is 0 Å². The van der Waals surface area contributed by atoms with Crippen molar-refractivity contribution in [1.29, 1.82) is 0 Å². The van der Waals surface area contributed by atoms with E-state index in [0.717, 1.165) is 0 Å². The van der Waals surface area contributed by atoms with Crippen LogP contribution in [-0.4, -0.2) is 18.0 Å². The molecule has 0 N–H and O–H groups in total. The molecule has 8 heavy (non-hydrogen) atoms. The summed E-state index contributed by atoms with van der Waals surface area (Å²) in [4.78, 5) is 9.79. The molecule has 0 radical (unpaired) electrons. The highest BCUT2D eigenvalue weighted by Gasteiger charge is 2.03. The molecule has 0 bridgehead atoms. The van der Waals surface area contributed by atoms with Crippen molar-refractivity contribution < 1.29 is 13.2 Å². The molecule has 0 aromatic rings. The van der Waals surface area contributed by atoms with Gasteiger partial charge in [-0.1, -0.05) is 11.6 Å². The molecule has 0 aliphatic heterocycles. The van der Waals surface area contributed by atoms with Gasteiger partial charge in [0.2, 0.25) is 14.6 Å². The molecule has 0 rings (SSSR count). The van der Waals surface area contributed by atoms with Gasteiger partial charge in [-0.2, -0.15) is 8.42 Å². The highest BCUT2D eigenvalue weighted by molar-refractivity contribution is 7.79. The number of carbonyl (C=O) groups is 1. The van der Waals surface area contributed by atoms with Crippen molar-refractivity contribution in [2.75, 3.05) is 0 Å². The van der Waals surface area contributed by atoms with Crippen LogP contribution in [0.4, 0.5) is 0 Å². The second-order valence-electron chi connectivity index (χ2n) is 0.782. The predicted octanol–water partition coefficient (Wildman–Crippen LogP) is -0.000400. The Morgan fingerprint density at radius 3 is 1.62 bits per heavy atom. The van der Waals surface area contributed by atoms with Gasteiger partial charge in [-0.25, -0.2) is 0 Å². The maximum absolute atomic E-state index is 9.79. The van der Waals surface area contributed by atoms with Crippen LogP contribution in [0.5, 0.6) is 0 Å². The summed E-state index contributed by atoms with van der Waals surface area (Å²) in [5, 5.41) is -1.17. The first-order chi connectivity index (χ1) is 3.55. The number of carbonyl (C=O) groups excluding carboxylic acids is 1. The fourth-order valence-electron chi connectivity index (χ4n) is 0.0655. The van der Waals surface area contributed by atoms with Crippen molar-refractivity contribution in [1.82, 2.24) is 0 Å². The fourth-order valence-corrected chi connectivity index (χ4v) is 0.386. The number of rotatable bonds is 1. The smallest absolute Gasteiger partial charge is 0.273 e. The molecule has 0 aromatic heterocycles. The third-order valence-electron chi connectivity index (χ3n) is 0.301. The Balaban J connectivity index is 4.78. The number of hydrogen-bond donors (Lipinski definition) is 0. The predicted molar refractivity (Wildman–Crippen MR) is 30.6 cm³/mol. The Bertz CT molecular complexity index is 218. The zero-order valence-corrected chi connectivity index (χ0v) is 5.72. The van der Waals surface area contributed by atoms with Gasteiger partial charge in [-0.05, 0) is 11.6 Å². The van der Waals surface area contributed by atoms with Gasteiger partial charge >= 0.3 is 0 Å². The summed E-state index contributed by atoms with van der Waals surface area (Å²) < 4.78 is 18.5. The fraction of sp³-hybridized carbons (Fsp3) is 0. The van der Waals surface area contributed by atoms with Crippen LogP contribution in [0.2, 0.25) is 0 Å². The molecular formula is C2Cl2O3S. The van der Waals surface area contributed by atoms with E-state index in [1.54, 1.807) is 0 Å². The molecule has 0 atom stereocenters. The van der Waals surface area contributed by atoms with Crippen LogP contribution in [-0.2, 0) is 15.1 Å². The second-order valence-corrected chi connectivity index (χ2v) is 2.61. The highest BCUT2D eigenvalue weighted by Crippen LogP contribution is 1.87. The van der Waals surface area contributed by atoms with Crippen LogP contribution in [0.1, 0.15) is 0 Å². The quantitative estimate of drug-likeness (QED) is 0.416. The van der Waals surface area contributed by atoms with Crippen LogP contribution in [0.25, 0.3) is 0 Å². The van der Waals surface area contributed by atoms with Gasteiger partial charge in [0.05, 0.1) is 0 Å². The van der Waals surface area contributed by atoms with E-state index in [1.165, 1.54) is 0 Å². The standard InChI is InChI=1S/C2Cl2O3S/c3-1(5)2(4)8(6)7. The molecule has 6 heteroatoms. The molecule has 0 spiro atoms. The van der Waals surface area contributed by atoms with Crippen molar-refractivity contribution >= 4 is 43.1 Å². The van der Waals surface area contributed by atoms with Crippen LogP contribution < -0.4 is 0 Å². The van der Waals surface area contributed by atoms with E-state index in [1.807, 2.05) is 0 Å². The Kier molecular flexibility index (Phi) is 3.04. The molecular weight excluding hydrogens is 175 g/mol. The maximum Gasteiger partial charge on any atom is 0.279 e. The normalized spacial score (nSPS) is 8.25. The Labute approximate surface area is 56.7 Å². The highest BCUT2D eigenvalue weighted by atomic mass is 35.5. The first kappa shape index (κ1) is 7.94. The molecule has 0 fully saturated rings. The van der Waals surface area contributed by atoms with Gasteiger partial charge in [-0.15, -0.1) is 0 Å². The van der Waals surface area contributed by atoms with E-state index < -0.39 is 19.9 Å². The lowest BCUT2D eigenvalue weighted by Gasteiger charge is -1.72. The molecule has 0 amide bonds. The Morgan fingerprint density at radius 1 is 1.25 bits per heavy atom. The van der Waals surface area contributed by atoms with Crippen molar-refractivity contribution in [2.45, 2.75) is 0 Å². The van der Waals surface area contributed by atoms with Gasteiger partial charge in [0.15, 0.2) is 0 Å². The number of halogens is 2. The third kappa shape index (κ3) is 2.30. The van der Waals surface area contributed by atoms with Crippen molar-refractivity contribution in [3.05, 3.63) is 0 Å². The zero-order chi connectivity index (χ0) is 6.73. The monoisotopic (exact) mass is 174 g/mol. The topological polar surface area (TPSA) is 51.2 Å². The third-order valence-corrected chi connectivity index (χ3v) is 1.73. The van der Waals surface area contributed by atoms with E-state index in [0.29, 0.717) is 0 Å². The molecule has 0 heterocycles. The minimum atomic E-state index is -2.69. The van der Waals surface area contributed by atoms with Gasteiger partial charge in [0, 0.05) is 0 Å². The molecule has 0 saturated carbocycles. The van der Waals surface area contributed by atoms with Crippen molar-refractivity contribution in [2.24, 2.45) is 0 Å². The van der Waals surface area contributed by atoms with E-state index in [9.17, 15) is 13.2 Å². The average Bonchev–Trinajstić information content (AvgIpc) is 1.64. The second kappa shape index (κ2) is 3.06. The average molecular weight is 175 g/mol. The van der Waals surface area contributed by atoms with Gasteiger partial charge in [0.1, 0.15) is 0 Å². The first-order valence-corrected chi connectivity index (χ1v) is 3.20. The summed E-state index contributed by atoms with van der Waals surface area (Å²) >= 11 is 9.40. The summed E-state index contributed by atoms with van der Waals surface area (Å²) in [6.45, 7) is 0. The van der Waals surface area contributed by atoms with Crippen LogP contribution in [0.15, 0.2) is 0 Å². The lowest BCUT2D eigenvalue weighted by atomic mass is 10.9. The molecule has 0 aromatic carbocycles.